The third-order valence-corrected chi connectivity index (χ3v) is 3.69. The molecule has 0 radical (unpaired) electrons. The third-order valence-electron chi connectivity index (χ3n) is 2.52. The number of halogens is 1. The van der Waals surface area contributed by atoms with Crippen LogP contribution in [-0.4, -0.2) is 16.8 Å². The Hall–Kier alpha value is -1.92. The van der Waals surface area contributed by atoms with E-state index in [2.05, 4.69) is 10.3 Å². The number of aryl methyl sites for hydroxylation is 1. The molecule has 0 unspecified atom stereocenters. The molecule has 0 aliphatic rings. The molecule has 7 heteroatoms. The van der Waals surface area contributed by atoms with E-state index in [0.717, 1.165) is 16.9 Å². The predicted octanol–water partition coefficient (Wildman–Crippen LogP) is 2.47. The Morgan fingerprint density at radius 1 is 1.40 bits per heavy atom. The molecule has 1 aromatic heterocycles. The topological polar surface area (TPSA) is 85.1 Å². The largest absolute Gasteiger partial charge is 0.365 e. The Kier molecular flexibility index (Phi) is 4.70. The maximum Gasteiger partial charge on any atom is 0.260 e. The molecule has 0 fully saturated rings. The fraction of sp³-hybridized carbons (Fsp3) is 0.154. The Balaban J connectivity index is 1.87. The van der Waals surface area contributed by atoms with Crippen LogP contribution in [0.15, 0.2) is 30.5 Å². The third kappa shape index (κ3) is 4.04. The average molecular weight is 310 g/mol. The van der Waals surface area contributed by atoms with Crippen molar-refractivity contribution in [2.24, 2.45) is 5.73 Å². The predicted molar refractivity (Wildman–Crippen MR) is 79.0 cm³/mol. The lowest BCUT2D eigenvalue weighted by molar-refractivity contribution is -0.116. The summed E-state index contributed by atoms with van der Waals surface area (Å²) in [6, 6.07) is 7.36. The minimum atomic E-state index is -0.554. The lowest BCUT2D eigenvalue weighted by Crippen LogP contribution is -2.12. The molecule has 0 atom stereocenters. The maximum atomic E-state index is 11.8. The quantitative estimate of drug-likeness (QED) is 0.889. The van der Waals surface area contributed by atoms with E-state index >= 15 is 0 Å². The maximum absolute atomic E-state index is 11.8. The summed E-state index contributed by atoms with van der Waals surface area (Å²) < 4.78 is 0. The van der Waals surface area contributed by atoms with Gasteiger partial charge in [0.1, 0.15) is 4.88 Å². The molecule has 0 saturated carbocycles. The van der Waals surface area contributed by atoms with Crippen molar-refractivity contribution in [3.8, 4) is 0 Å². The van der Waals surface area contributed by atoms with E-state index in [9.17, 15) is 9.59 Å². The SMILES string of the molecule is NC(=O)c1cnc(NC(=O)CCc2cccc(Cl)c2)s1. The second-order valence-electron chi connectivity index (χ2n) is 4.07. The zero-order valence-electron chi connectivity index (χ0n) is 10.4. The highest BCUT2D eigenvalue weighted by Gasteiger charge is 2.09. The highest BCUT2D eigenvalue weighted by Crippen LogP contribution is 2.18. The van der Waals surface area contributed by atoms with Crippen molar-refractivity contribution in [3.63, 3.8) is 0 Å². The van der Waals surface area contributed by atoms with Gasteiger partial charge in [-0.3, -0.25) is 9.59 Å². The van der Waals surface area contributed by atoms with E-state index in [1.54, 1.807) is 6.07 Å². The molecule has 2 aromatic rings. The molecule has 20 heavy (non-hydrogen) atoms. The molecule has 0 bridgehead atoms. The highest BCUT2D eigenvalue weighted by atomic mass is 35.5. The summed E-state index contributed by atoms with van der Waals surface area (Å²) in [6.45, 7) is 0. The van der Waals surface area contributed by atoms with Gasteiger partial charge in [0.2, 0.25) is 5.91 Å². The molecule has 104 valence electrons. The van der Waals surface area contributed by atoms with Crippen LogP contribution in [0, 0.1) is 0 Å². The van der Waals surface area contributed by atoms with Crippen molar-refractivity contribution in [3.05, 3.63) is 45.9 Å². The number of benzene rings is 1. The Morgan fingerprint density at radius 3 is 2.85 bits per heavy atom. The van der Waals surface area contributed by atoms with Gasteiger partial charge in [0.05, 0.1) is 6.20 Å². The fourth-order valence-electron chi connectivity index (χ4n) is 1.58. The normalized spacial score (nSPS) is 10.2. The number of carbonyl (C=O) groups is 2. The van der Waals surface area contributed by atoms with Crippen LogP contribution < -0.4 is 11.1 Å². The standard InChI is InChI=1S/C13H12ClN3O2S/c14-9-3-1-2-8(6-9)4-5-11(18)17-13-16-7-10(20-13)12(15)19/h1-3,6-7H,4-5H2,(H2,15,19)(H,16,17,18). The fourth-order valence-corrected chi connectivity index (χ4v) is 2.48. The number of nitrogens with one attached hydrogen (secondary N) is 1. The van der Waals surface area contributed by atoms with E-state index in [1.165, 1.54) is 6.20 Å². The number of hydrogen-bond acceptors (Lipinski definition) is 4. The number of nitrogens with two attached hydrogens (primary N) is 1. The van der Waals surface area contributed by atoms with Gasteiger partial charge in [-0.25, -0.2) is 4.98 Å². The molecule has 5 nitrogen and oxygen atoms in total. The summed E-state index contributed by atoms with van der Waals surface area (Å²) in [5, 5.41) is 3.65. The Morgan fingerprint density at radius 2 is 2.20 bits per heavy atom. The zero-order valence-corrected chi connectivity index (χ0v) is 12.0. The van der Waals surface area contributed by atoms with Crippen molar-refractivity contribution < 1.29 is 9.59 Å². The van der Waals surface area contributed by atoms with E-state index in [1.807, 2.05) is 18.2 Å². The van der Waals surface area contributed by atoms with Crippen molar-refractivity contribution >= 4 is 39.9 Å². The second-order valence-corrected chi connectivity index (χ2v) is 5.54. The Labute approximate surface area is 124 Å². The summed E-state index contributed by atoms with van der Waals surface area (Å²) in [7, 11) is 0. The van der Waals surface area contributed by atoms with E-state index in [0.29, 0.717) is 27.9 Å². The van der Waals surface area contributed by atoms with E-state index < -0.39 is 5.91 Å². The number of nitrogens with zero attached hydrogens (tertiary/aromatic N) is 1. The van der Waals surface area contributed by atoms with Gasteiger partial charge in [-0.05, 0) is 24.1 Å². The van der Waals surface area contributed by atoms with Gasteiger partial charge in [-0.1, -0.05) is 35.1 Å². The van der Waals surface area contributed by atoms with Crippen molar-refractivity contribution in [2.75, 3.05) is 5.32 Å². The Bertz CT molecular complexity index is 642. The summed E-state index contributed by atoms with van der Waals surface area (Å²) >= 11 is 6.92. The molecular formula is C13H12ClN3O2S. The molecule has 0 aliphatic carbocycles. The minimum Gasteiger partial charge on any atom is -0.365 e. The van der Waals surface area contributed by atoms with Gasteiger partial charge >= 0.3 is 0 Å². The molecule has 0 saturated heterocycles. The number of rotatable bonds is 5. The number of anilines is 1. The molecule has 1 heterocycles. The van der Waals surface area contributed by atoms with Crippen LogP contribution in [0.25, 0.3) is 0 Å². The van der Waals surface area contributed by atoms with Crippen LogP contribution in [0.2, 0.25) is 5.02 Å². The van der Waals surface area contributed by atoms with Crippen LogP contribution in [-0.2, 0) is 11.2 Å². The number of hydrogen-bond donors (Lipinski definition) is 2. The summed E-state index contributed by atoms with van der Waals surface area (Å²) in [4.78, 5) is 26.9. The molecule has 3 N–H and O–H groups in total. The van der Waals surface area contributed by atoms with Crippen LogP contribution in [0.3, 0.4) is 0 Å². The monoisotopic (exact) mass is 309 g/mol. The summed E-state index contributed by atoms with van der Waals surface area (Å²) in [5.74, 6) is -0.725. The van der Waals surface area contributed by atoms with Gasteiger partial charge < -0.3 is 11.1 Å². The second kappa shape index (κ2) is 6.49. The first kappa shape index (κ1) is 14.5. The van der Waals surface area contributed by atoms with Gasteiger partial charge in [0, 0.05) is 11.4 Å². The smallest absolute Gasteiger partial charge is 0.260 e. The lowest BCUT2D eigenvalue weighted by Gasteiger charge is -2.02. The van der Waals surface area contributed by atoms with Crippen LogP contribution in [0.5, 0.6) is 0 Å². The molecule has 1 aromatic carbocycles. The first-order valence-corrected chi connectivity index (χ1v) is 7.04. The summed E-state index contributed by atoms with van der Waals surface area (Å²) in [5.41, 5.74) is 6.10. The van der Waals surface area contributed by atoms with E-state index in [-0.39, 0.29) is 5.91 Å². The van der Waals surface area contributed by atoms with E-state index in [4.69, 9.17) is 17.3 Å². The van der Waals surface area contributed by atoms with Gasteiger partial charge in [0.25, 0.3) is 5.91 Å². The molecule has 2 rings (SSSR count). The van der Waals surface area contributed by atoms with Crippen molar-refractivity contribution in [2.45, 2.75) is 12.8 Å². The lowest BCUT2D eigenvalue weighted by atomic mass is 10.1. The summed E-state index contributed by atoms with van der Waals surface area (Å²) in [6.07, 6.45) is 2.24. The molecule has 0 spiro atoms. The first-order valence-electron chi connectivity index (χ1n) is 5.84. The van der Waals surface area contributed by atoms with Crippen molar-refractivity contribution in [1.82, 2.24) is 4.98 Å². The molecular weight excluding hydrogens is 298 g/mol. The number of carbonyl (C=O) groups excluding carboxylic acids is 2. The van der Waals surface area contributed by atoms with Gasteiger partial charge in [0.15, 0.2) is 5.13 Å². The number of thiazole rings is 1. The van der Waals surface area contributed by atoms with Gasteiger partial charge in [-0.2, -0.15) is 0 Å². The minimum absolute atomic E-state index is 0.171. The van der Waals surface area contributed by atoms with Gasteiger partial charge in [-0.15, -0.1) is 0 Å². The molecule has 0 aliphatic heterocycles. The zero-order chi connectivity index (χ0) is 14.5. The number of amides is 2. The number of primary amides is 1. The average Bonchev–Trinajstić information content (AvgIpc) is 2.85. The van der Waals surface area contributed by atoms with Crippen LogP contribution in [0.1, 0.15) is 21.7 Å². The van der Waals surface area contributed by atoms with Crippen molar-refractivity contribution in [1.29, 1.82) is 0 Å². The first-order chi connectivity index (χ1) is 9.54. The number of aromatic nitrogens is 1. The molecule has 2 amide bonds. The van der Waals surface area contributed by atoms with Crippen LogP contribution >= 0.6 is 22.9 Å². The highest BCUT2D eigenvalue weighted by molar-refractivity contribution is 7.17. The van der Waals surface area contributed by atoms with Crippen LogP contribution in [0.4, 0.5) is 5.13 Å².